The maximum absolute atomic E-state index is 13.6. The normalized spacial score (nSPS) is 18.5. The molecule has 0 aromatic heterocycles. The second-order valence-electron chi connectivity index (χ2n) is 11.2. The van der Waals surface area contributed by atoms with Crippen LogP contribution in [0.25, 0.3) is 11.1 Å². The lowest BCUT2D eigenvalue weighted by Crippen LogP contribution is -2.57. The summed E-state index contributed by atoms with van der Waals surface area (Å²) in [6.07, 6.45) is 0.437. The Balaban J connectivity index is 1.19. The molecule has 9 heteroatoms. The summed E-state index contributed by atoms with van der Waals surface area (Å²) in [5.41, 5.74) is 4.44. The highest BCUT2D eigenvalue weighted by atomic mass is 16.5. The van der Waals surface area contributed by atoms with E-state index in [1.807, 2.05) is 66.5 Å². The van der Waals surface area contributed by atoms with Crippen LogP contribution in [0.15, 0.2) is 78.9 Å². The maximum atomic E-state index is 13.6. The van der Waals surface area contributed by atoms with Crippen LogP contribution in [0, 0.1) is 5.41 Å². The zero-order valence-electron chi connectivity index (χ0n) is 23.8. The predicted octanol–water partition coefficient (Wildman–Crippen LogP) is 4.02. The molecular weight excluding hydrogens is 534 g/mol. The highest BCUT2D eigenvalue weighted by molar-refractivity contribution is 5.88. The van der Waals surface area contributed by atoms with Crippen LogP contribution >= 0.6 is 0 Å². The summed E-state index contributed by atoms with van der Waals surface area (Å²) in [4.78, 5) is 40.4. The lowest BCUT2D eigenvalue weighted by atomic mass is 9.81. The van der Waals surface area contributed by atoms with Gasteiger partial charge < -0.3 is 25.2 Å². The van der Waals surface area contributed by atoms with E-state index in [1.165, 1.54) is 0 Å². The number of fused-ring (bicyclic) bond motifs is 3. The molecule has 2 unspecified atom stereocenters. The highest BCUT2D eigenvalue weighted by Crippen LogP contribution is 2.44. The monoisotopic (exact) mass is 571 g/mol. The number of nitrogens with one attached hydrogen (secondary N) is 2. The Kier molecular flexibility index (Phi) is 9.19. The third kappa shape index (κ3) is 6.64. The van der Waals surface area contributed by atoms with Gasteiger partial charge in [-0.1, -0.05) is 78.9 Å². The number of likely N-dealkylation sites (N-methyl/N-ethyl adjacent to an activating group) is 1. The first-order valence-corrected chi connectivity index (χ1v) is 14.3. The largest absolute Gasteiger partial charge is 0.480 e. The van der Waals surface area contributed by atoms with Crippen molar-refractivity contribution in [2.24, 2.45) is 5.41 Å². The summed E-state index contributed by atoms with van der Waals surface area (Å²) in [7, 11) is 1.81. The minimum absolute atomic E-state index is 0.0261. The zero-order chi connectivity index (χ0) is 29.5. The maximum Gasteiger partial charge on any atom is 0.407 e. The van der Waals surface area contributed by atoms with Gasteiger partial charge in [-0.2, -0.15) is 0 Å². The van der Waals surface area contributed by atoms with Crippen molar-refractivity contribution in [1.82, 2.24) is 15.5 Å². The summed E-state index contributed by atoms with van der Waals surface area (Å²) < 4.78 is 11.3. The third-order valence-corrected chi connectivity index (χ3v) is 8.11. The molecule has 2 amide bonds. The van der Waals surface area contributed by atoms with Gasteiger partial charge in [0, 0.05) is 32.2 Å². The van der Waals surface area contributed by atoms with Crippen molar-refractivity contribution in [3.63, 3.8) is 0 Å². The van der Waals surface area contributed by atoms with Gasteiger partial charge in [-0.25, -0.2) is 9.59 Å². The molecule has 9 nitrogen and oxygen atoms in total. The zero-order valence-corrected chi connectivity index (χ0v) is 23.8. The lowest BCUT2D eigenvalue weighted by molar-refractivity contribution is -0.147. The van der Waals surface area contributed by atoms with Crippen LogP contribution in [-0.4, -0.2) is 74.0 Å². The molecule has 0 radical (unpaired) electrons. The van der Waals surface area contributed by atoms with Gasteiger partial charge in [-0.3, -0.25) is 9.69 Å². The van der Waals surface area contributed by atoms with Crippen molar-refractivity contribution in [2.45, 2.75) is 31.3 Å². The van der Waals surface area contributed by atoms with E-state index in [-0.39, 0.29) is 32.2 Å². The smallest absolute Gasteiger partial charge is 0.407 e. The number of carboxylic acids is 1. The van der Waals surface area contributed by atoms with Gasteiger partial charge in [0.25, 0.3) is 0 Å². The Hall–Kier alpha value is -4.21. The second-order valence-corrected chi connectivity index (χ2v) is 11.2. The van der Waals surface area contributed by atoms with E-state index in [1.54, 1.807) is 0 Å². The molecule has 0 spiro atoms. The van der Waals surface area contributed by atoms with Gasteiger partial charge in [0.2, 0.25) is 5.91 Å². The number of ether oxygens (including phenoxy) is 2. The van der Waals surface area contributed by atoms with Crippen molar-refractivity contribution in [3.8, 4) is 11.1 Å². The van der Waals surface area contributed by atoms with Crippen LogP contribution in [0.4, 0.5) is 4.79 Å². The molecule has 1 fully saturated rings. The number of carboxylic acid groups (broad SMARTS) is 1. The molecule has 1 heterocycles. The van der Waals surface area contributed by atoms with Crippen LogP contribution in [0.5, 0.6) is 0 Å². The van der Waals surface area contributed by atoms with E-state index in [4.69, 9.17) is 9.47 Å². The summed E-state index contributed by atoms with van der Waals surface area (Å²) in [6, 6.07) is 24.8. The molecule has 3 aromatic carbocycles. The number of nitrogens with zero attached hydrogens (tertiary/aromatic N) is 1. The Bertz CT molecular complexity index is 1360. The van der Waals surface area contributed by atoms with Crippen molar-refractivity contribution >= 4 is 18.0 Å². The molecule has 2 aliphatic rings. The van der Waals surface area contributed by atoms with Gasteiger partial charge in [-0.15, -0.1) is 0 Å². The fourth-order valence-electron chi connectivity index (χ4n) is 5.91. The molecule has 0 bridgehead atoms. The molecule has 1 aliphatic heterocycles. The van der Waals surface area contributed by atoms with Crippen LogP contribution < -0.4 is 10.6 Å². The standard InChI is InChI=1S/C33H37N3O6/c1-36(18-23-10-3-2-4-11-23)19-29(30(37)38)35-31(39)33(16-9-17-41-22-33)21-34-32(40)42-20-28-26-14-7-5-12-24(26)25-13-6-8-15-27(25)28/h2-8,10-15,28-29H,9,16-22H2,1H3,(H,34,40)(H,35,39)(H,37,38). The Morgan fingerprint density at radius 1 is 1.00 bits per heavy atom. The fourth-order valence-corrected chi connectivity index (χ4v) is 5.91. The molecule has 1 saturated heterocycles. The summed E-state index contributed by atoms with van der Waals surface area (Å²) >= 11 is 0. The van der Waals surface area contributed by atoms with Gasteiger partial charge in [0.05, 0.1) is 12.0 Å². The number of alkyl carbamates (subject to hydrolysis) is 1. The first kappa shape index (κ1) is 29.3. The number of hydrogen-bond donors (Lipinski definition) is 3. The van der Waals surface area contributed by atoms with Gasteiger partial charge in [0.15, 0.2) is 0 Å². The van der Waals surface area contributed by atoms with Crippen LogP contribution in [0.3, 0.4) is 0 Å². The van der Waals surface area contributed by atoms with Crippen molar-refractivity contribution in [1.29, 1.82) is 0 Å². The van der Waals surface area contributed by atoms with Crippen LogP contribution in [-0.2, 0) is 25.6 Å². The minimum atomic E-state index is -1.13. The molecule has 42 heavy (non-hydrogen) atoms. The molecule has 5 rings (SSSR count). The Morgan fingerprint density at radius 3 is 2.26 bits per heavy atom. The Labute approximate surface area is 245 Å². The molecule has 3 N–H and O–H groups in total. The quantitative estimate of drug-likeness (QED) is 0.318. The summed E-state index contributed by atoms with van der Waals surface area (Å²) in [5.74, 6) is -1.66. The van der Waals surface area contributed by atoms with Gasteiger partial charge in [-0.05, 0) is 47.7 Å². The number of carbonyl (C=O) groups excluding carboxylic acids is 2. The fraction of sp³-hybridized carbons (Fsp3) is 0.364. The first-order valence-electron chi connectivity index (χ1n) is 14.3. The van der Waals surface area contributed by atoms with Gasteiger partial charge in [0.1, 0.15) is 12.6 Å². The van der Waals surface area contributed by atoms with E-state index in [0.29, 0.717) is 26.0 Å². The predicted molar refractivity (Wildman–Crippen MR) is 158 cm³/mol. The van der Waals surface area contributed by atoms with Crippen molar-refractivity contribution < 1.29 is 29.0 Å². The van der Waals surface area contributed by atoms with E-state index < -0.39 is 29.4 Å². The molecular formula is C33H37N3O6. The number of aliphatic carboxylic acids is 1. The SMILES string of the molecule is CN(Cc1ccccc1)CC(NC(=O)C1(CNC(=O)OCC2c3ccccc3-c3ccccc32)CCCOC1)C(=O)O. The first-order chi connectivity index (χ1) is 20.4. The third-order valence-electron chi connectivity index (χ3n) is 8.11. The molecule has 220 valence electrons. The Morgan fingerprint density at radius 2 is 1.64 bits per heavy atom. The van der Waals surface area contributed by atoms with E-state index in [2.05, 4.69) is 34.9 Å². The number of amides is 2. The molecule has 2 atom stereocenters. The van der Waals surface area contributed by atoms with Crippen molar-refractivity contribution in [3.05, 3.63) is 95.6 Å². The van der Waals surface area contributed by atoms with Crippen LogP contribution in [0.1, 0.15) is 35.4 Å². The van der Waals surface area contributed by atoms with Crippen molar-refractivity contribution in [2.75, 3.05) is 40.0 Å². The number of carbonyl (C=O) groups is 3. The van der Waals surface area contributed by atoms with E-state index in [9.17, 15) is 19.5 Å². The summed E-state index contributed by atoms with van der Waals surface area (Å²) in [5, 5.41) is 15.4. The highest BCUT2D eigenvalue weighted by Gasteiger charge is 2.42. The molecule has 0 saturated carbocycles. The average Bonchev–Trinajstić information content (AvgIpc) is 3.33. The average molecular weight is 572 g/mol. The van der Waals surface area contributed by atoms with E-state index in [0.717, 1.165) is 27.8 Å². The number of rotatable bonds is 11. The van der Waals surface area contributed by atoms with Crippen LogP contribution in [0.2, 0.25) is 0 Å². The second kappa shape index (κ2) is 13.2. The molecule has 3 aromatic rings. The van der Waals surface area contributed by atoms with Gasteiger partial charge >= 0.3 is 12.1 Å². The number of hydrogen-bond acceptors (Lipinski definition) is 6. The molecule has 1 aliphatic carbocycles. The summed E-state index contributed by atoms with van der Waals surface area (Å²) in [6.45, 7) is 1.37. The topological polar surface area (TPSA) is 117 Å². The van der Waals surface area contributed by atoms with E-state index >= 15 is 0 Å². The lowest BCUT2D eigenvalue weighted by Gasteiger charge is -2.36. The minimum Gasteiger partial charge on any atom is -0.480 e. The number of benzene rings is 3.